The maximum atomic E-state index is 11.2. The first-order chi connectivity index (χ1) is 8.99. The van der Waals surface area contributed by atoms with Gasteiger partial charge >= 0.3 is 11.1 Å². The van der Waals surface area contributed by atoms with Crippen LogP contribution in [0.3, 0.4) is 0 Å². The number of rotatable bonds is 3. The van der Waals surface area contributed by atoms with Crippen LogP contribution in [0.1, 0.15) is 5.82 Å². The smallest absolute Gasteiger partial charge is 0.308 e. The quantitative estimate of drug-likeness (QED) is 0.282. The molecule has 0 aromatic carbocycles. The molecular formula is C9H11N7O2S. The van der Waals surface area contributed by atoms with Crippen LogP contribution in [-0.4, -0.2) is 24.7 Å². The number of anilines is 1. The van der Waals surface area contributed by atoms with E-state index in [4.69, 9.17) is 5.84 Å². The molecule has 0 saturated heterocycles. The van der Waals surface area contributed by atoms with Crippen molar-refractivity contribution in [2.75, 3.05) is 5.43 Å². The molecule has 0 unspecified atom stereocenters. The summed E-state index contributed by atoms with van der Waals surface area (Å²) in [5.74, 6) is 6.26. The Hall–Kier alpha value is -2.20. The fourth-order valence-electron chi connectivity index (χ4n) is 1.31. The molecule has 0 atom stereocenters. The fourth-order valence-corrected chi connectivity index (χ4v) is 2.16. The van der Waals surface area contributed by atoms with Crippen LogP contribution in [0, 0.1) is 6.92 Å². The van der Waals surface area contributed by atoms with E-state index in [9.17, 15) is 9.59 Å². The molecule has 0 aliphatic heterocycles. The highest BCUT2D eigenvalue weighted by molar-refractivity contribution is 7.99. The third kappa shape index (κ3) is 2.98. The highest BCUT2D eigenvalue weighted by Gasteiger charge is 2.09. The van der Waals surface area contributed by atoms with Gasteiger partial charge in [-0.3, -0.25) is 19.4 Å². The summed E-state index contributed by atoms with van der Waals surface area (Å²) in [7, 11) is 1.58. The number of hydrazine groups is 1. The standard InChI is InChI=1S/C9H11N7O2S/c1-4-11-5(14-10)3-6(12-4)19-9-13-7(17)8(18)15-16(9)2/h3H,10H2,1-2H3,(H,15,18)(H,11,12,14). The molecule has 2 aromatic heterocycles. The highest BCUT2D eigenvalue weighted by Crippen LogP contribution is 2.23. The summed E-state index contributed by atoms with van der Waals surface area (Å²) < 4.78 is 1.35. The molecule has 0 spiro atoms. The van der Waals surface area contributed by atoms with E-state index in [-0.39, 0.29) is 0 Å². The lowest BCUT2D eigenvalue weighted by Gasteiger charge is -2.07. The monoisotopic (exact) mass is 281 g/mol. The number of aromatic amines is 1. The largest absolute Gasteiger partial charge is 0.339 e. The highest BCUT2D eigenvalue weighted by atomic mass is 32.2. The number of nitrogens with one attached hydrogen (secondary N) is 2. The van der Waals surface area contributed by atoms with Crippen molar-refractivity contribution < 1.29 is 0 Å². The zero-order valence-corrected chi connectivity index (χ0v) is 11.0. The minimum Gasteiger partial charge on any atom is -0.308 e. The van der Waals surface area contributed by atoms with E-state index in [0.29, 0.717) is 21.8 Å². The Morgan fingerprint density at radius 1 is 1.37 bits per heavy atom. The summed E-state index contributed by atoms with van der Waals surface area (Å²) in [6.45, 7) is 1.71. The molecule has 0 aliphatic carbocycles. The molecule has 100 valence electrons. The van der Waals surface area contributed by atoms with Crippen LogP contribution in [0.5, 0.6) is 0 Å². The Balaban J connectivity index is 2.41. The van der Waals surface area contributed by atoms with E-state index < -0.39 is 11.1 Å². The molecule has 2 rings (SSSR count). The normalized spacial score (nSPS) is 10.5. The summed E-state index contributed by atoms with van der Waals surface area (Å²) in [5.41, 5.74) is 0.805. The van der Waals surface area contributed by atoms with Crippen molar-refractivity contribution in [2.24, 2.45) is 12.9 Å². The average Bonchev–Trinajstić information content (AvgIpc) is 2.35. The van der Waals surface area contributed by atoms with Gasteiger partial charge in [-0.05, 0) is 18.7 Å². The van der Waals surface area contributed by atoms with Crippen LogP contribution in [0.15, 0.2) is 25.8 Å². The Morgan fingerprint density at radius 2 is 2.11 bits per heavy atom. The van der Waals surface area contributed by atoms with Gasteiger partial charge in [0.2, 0.25) is 0 Å². The van der Waals surface area contributed by atoms with Gasteiger partial charge in [0.15, 0.2) is 5.16 Å². The Bertz CT molecular complexity index is 723. The predicted octanol–water partition coefficient (Wildman–Crippen LogP) is -0.996. The molecule has 9 nitrogen and oxygen atoms in total. The number of aryl methyl sites for hydroxylation is 2. The number of nitrogen functional groups attached to an aromatic ring is 1. The fraction of sp³-hybridized carbons (Fsp3) is 0.222. The Morgan fingerprint density at radius 3 is 2.79 bits per heavy atom. The second kappa shape index (κ2) is 5.20. The molecule has 0 fully saturated rings. The summed E-state index contributed by atoms with van der Waals surface area (Å²) in [6.07, 6.45) is 0. The van der Waals surface area contributed by atoms with Crippen LogP contribution in [0.4, 0.5) is 5.82 Å². The lowest BCUT2D eigenvalue weighted by Crippen LogP contribution is -2.33. The molecule has 10 heteroatoms. The molecule has 2 aromatic rings. The molecular weight excluding hydrogens is 270 g/mol. The van der Waals surface area contributed by atoms with Crippen LogP contribution in [0.25, 0.3) is 0 Å². The van der Waals surface area contributed by atoms with Gasteiger partial charge in [0.05, 0.1) is 0 Å². The third-order valence-electron chi connectivity index (χ3n) is 2.11. The average molecular weight is 281 g/mol. The van der Waals surface area contributed by atoms with E-state index in [1.807, 2.05) is 0 Å². The molecule has 0 bridgehead atoms. The topological polar surface area (TPSA) is 132 Å². The van der Waals surface area contributed by atoms with Gasteiger partial charge in [-0.25, -0.2) is 15.8 Å². The first-order valence-corrected chi connectivity index (χ1v) is 5.99. The Kier molecular flexibility index (Phi) is 3.62. The van der Waals surface area contributed by atoms with Crippen LogP contribution < -0.4 is 22.4 Å². The molecule has 2 heterocycles. The second-order valence-electron chi connectivity index (χ2n) is 3.58. The first kappa shape index (κ1) is 13.2. The zero-order valence-electron chi connectivity index (χ0n) is 10.2. The third-order valence-corrected chi connectivity index (χ3v) is 3.07. The SMILES string of the molecule is Cc1nc(NN)cc(Sc2nc(=O)c(=O)[nH]n2C)n1. The van der Waals surface area contributed by atoms with Crippen molar-refractivity contribution in [2.45, 2.75) is 17.1 Å². The number of aromatic nitrogens is 5. The summed E-state index contributed by atoms with van der Waals surface area (Å²) in [6, 6.07) is 1.61. The van der Waals surface area contributed by atoms with Gasteiger partial charge in [0, 0.05) is 13.1 Å². The first-order valence-electron chi connectivity index (χ1n) is 5.17. The minimum atomic E-state index is -0.844. The predicted molar refractivity (Wildman–Crippen MR) is 68.8 cm³/mol. The van der Waals surface area contributed by atoms with Crippen LogP contribution >= 0.6 is 11.8 Å². The van der Waals surface area contributed by atoms with Crippen molar-refractivity contribution in [1.82, 2.24) is 24.7 Å². The van der Waals surface area contributed by atoms with Crippen molar-refractivity contribution >= 4 is 17.6 Å². The molecule has 0 aliphatic rings. The van der Waals surface area contributed by atoms with E-state index in [1.54, 1.807) is 20.0 Å². The number of hydrogen-bond acceptors (Lipinski definition) is 8. The molecule has 0 saturated carbocycles. The van der Waals surface area contributed by atoms with Gasteiger partial charge < -0.3 is 5.43 Å². The minimum absolute atomic E-state index is 0.311. The van der Waals surface area contributed by atoms with Crippen molar-refractivity contribution in [3.8, 4) is 0 Å². The van der Waals surface area contributed by atoms with E-state index in [2.05, 4.69) is 25.5 Å². The van der Waals surface area contributed by atoms with Gasteiger partial charge in [0.1, 0.15) is 16.7 Å². The van der Waals surface area contributed by atoms with Crippen LogP contribution in [-0.2, 0) is 7.05 Å². The number of nitrogens with two attached hydrogens (primary N) is 1. The van der Waals surface area contributed by atoms with Crippen molar-refractivity contribution in [3.63, 3.8) is 0 Å². The van der Waals surface area contributed by atoms with Gasteiger partial charge in [0.25, 0.3) is 0 Å². The number of nitrogens with zero attached hydrogens (tertiary/aromatic N) is 4. The lowest BCUT2D eigenvalue weighted by molar-refractivity contribution is 0.596. The van der Waals surface area contributed by atoms with Crippen molar-refractivity contribution in [3.05, 3.63) is 32.6 Å². The van der Waals surface area contributed by atoms with Gasteiger partial charge in [-0.15, -0.1) is 0 Å². The Labute approximate surface area is 111 Å². The summed E-state index contributed by atoms with van der Waals surface area (Å²) in [5, 5.41) is 3.21. The zero-order chi connectivity index (χ0) is 14.0. The summed E-state index contributed by atoms with van der Waals surface area (Å²) >= 11 is 1.12. The number of H-pyrrole nitrogens is 1. The molecule has 4 N–H and O–H groups in total. The van der Waals surface area contributed by atoms with Crippen LogP contribution in [0.2, 0.25) is 0 Å². The van der Waals surface area contributed by atoms with E-state index >= 15 is 0 Å². The second-order valence-corrected chi connectivity index (χ2v) is 4.57. The van der Waals surface area contributed by atoms with Crippen molar-refractivity contribution in [1.29, 1.82) is 0 Å². The van der Waals surface area contributed by atoms with Gasteiger partial charge in [-0.1, -0.05) is 0 Å². The van der Waals surface area contributed by atoms with Gasteiger partial charge in [-0.2, -0.15) is 4.98 Å². The number of hydrogen-bond donors (Lipinski definition) is 3. The van der Waals surface area contributed by atoms with E-state index in [0.717, 1.165) is 11.8 Å². The maximum absolute atomic E-state index is 11.2. The molecule has 0 radical (unpaired) electrons. The molecule has 0 amide bonds. The lowest BCUT2D eigenvalue weighted by atomic mass is 10.5. The maximum Gasteiger partial charge on any atom is 0.339 e. The molecule has 19 heavy (non-hydrogen) atoms. The van der Waals surface area contributed by atoms with E-state index in [1.165, 1.54) is 4.68 Å². The summed E-state index contributed by atoms with van der Waals surface area (Å²) in [4.78, 5) is 34.2.